The van der Waals surface area contributed by atoms with E-state index in [1.165, 1.54) is 37.6 Å². The molecular weight excluding hydrogens is 272 g/mol. The molecule has 0 aliphatic rings. The molecule has 0 saturated heterocycles. The highest BCUT2D eigenvalue weighted by molar-refractivity contribution is 7.12. The minimum Gasteiger partial charge on any atom is -0.143 e. The first kappa shape index (κ1) is 14.6. The van der Waals surface area contributed by atoms with Crippen LogP contribution in [0.15, 0.2) is 18.2 Å². The number of thiophene rings is 1. The number of halogens is 1. The van der Waals surface area contributed by atoms with Crippen molar-refractivity contribution in [3.8, 4) is 0 Å². The second-order valence-corrected chi connectivity index (χ2v) is 6.83. The lowest BCUT2D eigenvalue weighted by Crippen LogP contribution is -2.02. The van der Waals surface area contributed by atoms with E-state index in [0.29, 0.717) is 0 Å². The molecule has 1 unspecified atom stereocenters. The Labute approximate surface area is 125 Å². The first-order valence-electron chi connectivity index (χ1n) is 6.75. The normalized spacial score (nSPS) is 12.7. The Morgan fingerprint density at radius 1 is 1.05 bits per heavy atom. The Morgan fingerprint density at radius 2 is 1.63 bits per heavy atom. The van der Waals surface area contributed by atoms with E-state index in [1.54, 1.807) is 0 Å². The van der Waals surface area contributed by atoms with E-state index in [-0.39, 0.29) is 5.38 Å². The predicted molar refractivity (Wildman–Crippen MR) is 86.8 cm³/mol. The molecule has 0 saturated carbocycles. The highest BCUT2D eigenvalue weighted by atomic mass is 35.5. The van der Waals surface area contributed by atoms with Crippen LogP contribution in [0.5, 0.6) is 0 Å². The first-order valence-corrected chi connectivity index (χ1v) is 8.01. The van der Waals surface area contributed by atoms with Crippen LogP contribution >= 0.6 is 22.9 Å². The summed E-state index contributed by atoms with van der Waals surface area (Å²) in [6.07, 6.45) is 1.08. The van der Waals surface area contributed by atoms with Crippen LogP contribution < -0.4 is 0 Å². The Hall–Kier alpha value is -0.790. The van der Waals surface area contributed by atoms with Crippen LogP contribution in [0.25, 0.3) is 0 Å². The van der Waals surface area contributed by atoms with Crippen LogP contribution in [0.2, 0.25) is 0 Å². The lowest BCUT2D eigenvalue weighted by Gasteiger charge is -2.19. The van der Waals surface area contributed by atoms with E-state index in [2.05, 4.69) is 52.8 Å². The summed E-state index contributed by atoms with van der Waals surface area (Å²) >= 11 is 8.60. The molecular formula is C17H21ClS. The molecule has 0 N–H and O–H groups in total. The maximum absolute atomic E-state index is 6.77. The zero-order chi connectivity index (χ0) is 14.2. The minimum atomic E-state index is -0.0242. The topological polar surface area (TPSA) is 0 Å². The van der Waals surface area contributed by atoms with Crippen LogP contribution in [0.4, 0.5) is 0 Å². The highest BCUT2D eigenvalue weighted by Crippen LogP contribution is 2.38. The quantitative estimate of drug-likeness (QED) is 0.620. The Kier molecular flexibility index (Phi) is 4.37. The summed E-state index contributed by atoms with van der Waals surface area (Å²) in [6.45, 7) is 10.9. The van der Waals surface area contributed by atoms with Crippen molar-refractivity contribution in [2.75, 3.05) is 0 Å². The molecule has 2 rings (SSSR count). The second-order valence-electron chi connectivity index (χ2n) is 5.19. The van der Waals surface area contributed by atoms with Gasteiger partial charge in [-0.1, -0.05) is 13.0 Å². The maximum Gasteiger partial charge on any atom is 0.0933 e. The van der Waals surface area contributed by atoms with E-state index in [1.807, 2.05) is 11.3 Å². The van der Waals surface area contributed by atoms with Crippen molar-refractivity contribution in [2.45, 2.75) is 46.4 Å². The fourth-order valence-corrected chi connectivity index (χ4v) is 3.96. The Morgan fingerprint density at radius 3 is 2.11 bits per heavy atom. The fraction of sp³-hybridized carbons (Fsp3) is 0.412. The minimum absolute atomic E-state index is 0.0242. The van der Waals surface area contributed by atoms with E-state index < -0.39 is 0 Å². The molecule has 102 valence electrons. The molecule has 0 bridgehead atoms. The zero-order valence-electron chi connectivity index (χ0n) is 12.3. The lowest BCUT2D eigenvalue weighted by atomic mass is 9.92. The standard InChI is InChI=1S/C17H21ClS/c1-6-14-7-8-15(19-14)17(18)16-12(4)10(2)9-11(3)13(16)5/h7-9,17H,6H2,1-5H3. The number of alkyl halides is 1. The molecule has 2 aromatic rings. The van der Waals surface area contributed by atoms with E-state index in [0.717, 1.165) is 6.42 Å². The van der Waals surface area contributed by atoms with Crippen molar-refractivity contribution in [3.63, 3.8) is 0 Å². The molecule has 2 heteroatoms. The van der Waals surface area contributed by atoms with Gasteiger partial charge in [-0.05, 0) is 74.1 Å². The van der Waals surface area contributed by atoms with Gasteiger partial charge in [0.15, 0.2) is 0 Å². The molecule has 19 heavy (non-hydrogen) atoms. The summed E-state index contributed by atoms with van der Waals surface area (Å²) in [5, 5.41) is -0.0242. The number of hydrogen-bond acceptors (Lipinski definition) is 1. The van der Waals surface area contributed by atoms with Crippen molar-refractivity contribution in [1.29, 1.82) is 0 Å². The van der Waals surface area contributed by atoms with E-state index >= 15 is 0 Å². The fourth-order valence-electron chi connectivity index (χ4n) is 2.49. The maximum atomic E-state index is 6.77. The van der Waals surface area contributed by atoms with Crippen LogP contribution in [-0.2, 0) is 6.42 Å². The van der Waals surface area contributed by atoms with Crippen molar-refractivity contribution >= 4 is 22.9 Å². The smallest absolute Gasteiger partial charge is 0.0933 e. The third kappa shape index (κ3) is 2.73. The van der Waals surface area contributed by atoms with Gasteiger partial charge < -0.3 is 0 Å². The third-order valence-corrected chi connectivity index (χ3v) is 5.84. The summed E-state index contributed by atoms with van der Waals surface area (Å²) in [7, 11) is 0. The monoisotopic (exact) mass is 292 g/mol. The number of hydrogen-bond donors (Lipinski definition) is 0. The van der Waals surface area contributed by atoms with Crippen LogP contribution in [-0.4, -0.2) is 0 Å². The SMILES string of the molecule is CCc1ccc(C(Cl)c2c(C)c(C)cc(C)c2C)s1. The first-order chi connectivity index (χ1) is 8.95. The Bertz CT molecular complexity index is 569. The van der Waals surface area contributed by atoms with Crippen molar-refractivity contribution in [1.82, 2.24) is 0 Å². The predicted octanol–water partition coefficient (Wildman–Crippen LogP) is 5.87. The van der Waals surface area contributed by atoms with Gasteiger partial charge >= 0.3 is 0 Å². The summed E-state index contributed by atoms with van der Waals surface area (Å²) in [5.41, 5.74) is 6.61. The van der Waals surface area contributed by atoms with Gasteiger partial charge in [-0.3, -0.25) is 0 Å². The molecule has 0 amide bonds. The molecule has 1 aromatic carbocycles. The highest BCUT2D eigenvalue weighted by Gasteiger charge is 2.19. The van der Waals surface area contributed by atoms with Gasteiger partial charge in [-0.15, -0.1) is 22.9 Å². The van der Waals surface area contributed by atoms with Gasteiger partial charge in [0.2, 0.25) is 0 Å². The number of aryl methyl sites for hydroxylation is 3. The van der Waals surface area contributed by atoms with Crippen LogP contribution in [0, 0.1) is 27.7 Å². The molecule has 0 fully saturated rings. The van der Waals surface area contributed by atoms with E-state index in [4.69, 9.17) is 11.6 Å². The Balaban J connectivity index is 2.52. The largest absolute Gasteiger partial charge is 0.143 e. The molecule has 1 atom stereocenters. The van der Waals surface area contributed by atoms with Gasteiger partial charge in [-0.2, -0.15) is 0 Å². The molecule has 0 nitrogen and oxygen atoms in total. The molecule has 0 radical (unpaired) electrons. The van der Waals surface area contributed by atoms with Gasteiger partial charge in [0.05, 0.1) is 5.38 Å². The molecule has 1 heterocycles. The second kappa shape index (κ2) is 5.68. The van der Waals surface area contributed by atoms with Crippen molar-refractivity contribution < 1.29 is 0 Å². The van der Waals surface area contributed by atoms with E-state index in [9.17, 15) is 0 Å². The van der Waals surface area contributed by atoms with Gasteiger partial charge in [0.25, 0.3) is 0 Å². The summed E-state index contributed by atoms with van der Waals surface area (Å²) < 4.78 is 0. The number of rotatable bonds is 3. The van der Waals surface area contributed by atoms with Gasteiger partial charge in [-0.25, -0.2) is 0 Å². The van der Waals surface area contributed by atoms with Crippen LogP contribution in [0.1, 0.15) is 49.9 Å². The summed E-state index contributed by atoms with van der Waals surface area (Å²) in [4.78, 5) is 2.66. The molecule has 0 aliphatic heterocycles. The average Bonchev–Trinajstić information content (AvgIpc) is 2.85. The van der Waals surface area contributed by atoms with Crippen molar-refractivity contribution in [2.24, 2.45) is 0 Å². The molecule has 0 aliphatic carbocycles. The summed E-state index contributed by atoms with van der Waals surface area (Å²) in [5.74, 6) is 0. The lowest BCUT2D eigenvalue weighted by molar-refractivity contribution is 1.07. The third-order valence-electron chi connectivity index (χ3n) is 3.96. The van der Waals surface area contributed by atoms with Gasteiger partial charge in [0, 0.05) is 9.75 Å². The number of benzene rings is 1. The van der Waals surface area contributed by atoms with Crippen LogP contribution in [0.3, 0.4) is 0 Å². The molecule has 1 aromatic heterocycles. The summed E-state index contributed by atoms with van der Waals surface area (Å²) in [6, 6.07) is 6.63. The molecule has 0 spiro atoms. The average molecular weight is 293 g/mol. The van der Waals surface area contributed by atoms with Gasteiger partial charge in [0.1, 0.15) is 0 Å². The zero-order valence-corrected chi connectivity index (χ0v) is 13.9. The van der Waals surface area contributed by atoms with Crippen molar-refractivity contribution in [3.05, 3.63) is 55.8 Å².